The van der Waals surface area contributed by atoms with E-state index < -0.39 is 19.8 Å². The number of fused-ring (bicyclic) bond motifs is 2. The van der Waals surface area contributed by atoms with Crippen LogP contribution < -0.4 is 14.8 Å². The SMILES string of the molecule is COc1ccc([Si](C)(C)[C@@H]2[C@@H](CC(=O)N(CCO)Cc3ccccc3)O[C@]3(C(=O)N(C)c4ccccc43)[C@H]2C)cc1. The van der Waals surface area contributed by atoms with Gasteiger partial charge in [-0.1, -0.05) is 85.9 Å². The van der Waals surface area contributed by atoms with Crippen molar-refractivity contribution in [3.05, 3.63) is 90.0 Å². The molecule has 2 amide bonds. The van der Waals surface area contributed by atoms with Crippen molar-refractivity contribution in [1.82, 2.24) is 4.90 Å². The first-order valence-electron chi connectivity index (χ1n) is 14.3. The van der Waals surface area contributed by atoms with Crippen molar-refractivity contribution >= 4 is 30.8 Å². The summed E-state index contributed by atoms with van der Waals surface area (Å²) in [5, 5.41) is 11.0. The number of rotatable bonds is 9. The first-order chi connectivity index (χ1) is 19.6. The lowest BCUT2D eigenvalue weighted by atomic mass is 9.82. The van der Waals surface area contributed by atoms with Gasteiger partial charge in [0.1, 0.15) is 5.75 Å². The maximum atomic E-state index is 14.1. The Morgan fingerprint density at radius 3 is 2.37 bits per heavy atom. The molecule has 2 heterocycles. The summed E-state index contributed by atoms with van der Waals surface area (Å²) in [4.78, 5) is 31.4. The third kappa shape index (κ3) is 4.98. The number of ether oxygens (including phenoxy) is 2. The molecule has 3 aromatic carbocycles. The summed E-state index contributed by atoms with van der Waals surface area (Å²) in [7, 11) is 1.12. The predicted molar refractivity (Wildman–Crippen MR) is 163 cm³/mol. The van der Waals surface area contributed by atoms with E-state index in [0.29, 0.717) is 6.54 Å². The van der Waals surface area contributed by atoms with Crippen LogP contribution >= 0.6 is 0 Å². The van der Waals surface area contributed by atoms with Crippen LogP contribution in [0, 0.1) is 5.92 Å². The largest absolute Gasteiger partial charge is 0.497 e. The summed E-state index contributed by atoms with van der Waals surface area (Å²) < 4.78 is 12.4. The van der Waals surface area contributed by atoms with Crippen LogP contribution in [0.2, 0.25) is 18.6 Å². The van der Waals surface area contributed by atoms with Crippen LogP contribution in [0.3, 0.4) is 0 Å². The Kier molecular flexibility index (Phi) is 8.10. The normalized spacial score (nSPS) is 23.6. The fourth-order valence-corrected chi connectivity index (χ4v) is 11.1. The summed E-state index contributed by atoms with van der Waals surface area (Å²) in [6, 6.07) is 25.8. The third-order valence-corrected chi connectivity index (χ3v) is 13.5. The van der Waals surface area contributed by atoms with Crippen molar-refractivity contribution in [3.63, 3.8) is 0 Å². The van der Waals surface area contributed by atoms with E-state index in [-0.39, 0.29) is 42.8 Å². The highest BCUT2D eigenvalue weighted by molar-refractivity contribution is 6.91. The summed E-state index contributed by atoms with van der Waals surface area (Å²) in [5.74, 6) is 0.457. The number of para-hydroxylation sites is 1. The predicted octanol–water partition coefficient (Wildman–Crippen LogP) is 4.30. The van der Waals surface area contributed by atoms with E-state index in [4.69, 9.17) is 9.47 Å². The average molecular weight is 573 g/mol. The summed E-state index contributed by atoms with van der Waals surface area (Å²) in [6.07, 6.45) is -0.336. The lowest BCUT2D eigenvalue weighted by molar-refractivity contribution is -0.149. The summed E-state index contributed by atoms with van der Waals surface area (Å²) in [6.45, 7) is 7.24. The van der Waals surface area contributed by atoms with E-state index in [9.17, 15) is 14.7 Å². The highest BCUT2D eigenvalue weighted by Crippen LogP contribution is 2.59. The van der Waals surface area contributed by atoms with Gasteiger partial charge in [-0.3, -0.25) is 9.59 Å². The number of nitrogens with zero attached hydrogens (tertiary/aromatic N) is 2. The quantitative estimate of drug-likeness (QED) is 0.387. The van der Waals surface area contributed by atoms with Gasteiger partial charge in [-0.05, 0) is 29.3 Å². The Bertz CT molecular complexity index is 1400. The smallest absolute Gasteiger partial charge is 0.264 e. The number of aliphatic hydroxyl groups is 1. The number of aliphatic hydroxyl groups excluding tert-OH is 1. The van der Waals surface area contributed by atoms with Crippen LogP contribution in [0.1, 0.15) is 24.5 Å². The van der Waals surface area contributed by atoms with Crippen LogP contribution in [0.25, 0.3) is 0 Å². The van der Waals surface area contributed by atoms with Gasteiger partial charge in [0.2, 0.25) is 5.91 Å². The van der Waals surface area contributed by atoms with Crippen LogP contribution in [0.4, 0.5) is 5.69 Å². The second-order valence-electron chi connectivity index (χ2n) is 11.8. The minimum Gasteiger partial charge on any atom is -0.497 e. The zero-order valence-corrected chi connectivity index (χ0v) is 25.5. The molecule has 0 radical (unpaired) electrons. The minimum atomic E-state index is -2.34. The minimum absolute atomic E-state index is 0.0314. The molecule has 0 bridgehead atoms. The monoisotopic (exact) mass is 572 g/mol. The molecule has 3 aromatic rings. The van der Waals surface area contributed by atoms with Gasteiger partial charge in [0, 0.05) is 31.6 Å². The van der Waals surface area contributed by atoms with Crippen molar-refractivity contribution in [2.24, 2.45) is 5.92 Å². The Morgan fingerprint density at radius 2 is 1.71 bits per heavy atom. The molecule has 2 aliphatic heterocycles. The van der Waals surface area contributed by atoms with E-state index in [0.717, 1.165) is 22.6 Å². The maximum absolute atomic E-state index is 14.1. The molecule has 1 N–H and O–H groups in total. The van der Waals surface area contributed by atoms with E-state index >= 15 is 0 Å². The molecule has 8 heteroatoms. The fourth-order valence-electron chi connectivity index (χ4n) is 7.09. The Balaban J connectivity index is 1.54. The fraction of sp³-hybridized carbons (Fsp3) is 0.394. The molecule has 2 aliphatic rings. The standard InChI is InChI=1S/C33H40N2O5Si/c1-23-31(41(4,5)26-17-15-25(39-3)16-18-26)29(21-30(37)35(19-20-36)22-24-11-7-6-8-12-24)40-33(23)27-13-9-10-14-28(27)34(2)32(33)38/h6-18,23,29,31,36H,19-22H2,1-5H3/t23-,29+,31-,33+/m0/s1. The van der Waals surface area contributed by atoms with Crippen molar-refractivity contribution < 1.29 is 24.2 Å². The van der Waals surface area contributed by atoms with Crippen LogP contribution in [0.15, 0.2) is 78.9 Å². The van der Waals surface area contributed by atoms with Crippen molar-refractivity contribution in [2.75, 3.05) is 32.2 Å². The zero-order valence-electron chi connectivity index (χ0n) is 24.5. The molecule has 5 rings (SSSR count). The van der Waals surface area contributed by atoms with Gasteiger partial charge in [-0.2, -0.15) is 0 Å². The molecule has 7 nitrogen and oxygen atoms in total. The van der Waals surface area contributed by atoms with Gasteiger partial charge < -0.3 is 24.4 Å². The van der Waals surface area contributed by atoms with E-state index in [1.807, 2.05) is 66.7 Å². The Labute approximate surface area is 243 Å². The van der Waals surface area contributed by atoms with Crippen molar-refractivity contribution in [1.29, 1.82) is 0 Å². The molecule has 1 spiro atoms. The second kappa shape index (κ2) is 11.4. The molecular formula is C33H40N2O5Si. The number of benzene rings is 3. The lowest BCUT2D eigenvalue weighted by Gasteiger charge is -2.37. The number of amides is 2. The molecule has 1 fully saturated rings. The number of hydrogen-bond acceptors (Lipinski definition) is 5. The first-order valence-corrected chi connectivity index (χ1v) is 17.4. The van der Waals surface area contributed by atoms with Crippen LogP contribution in [-0.2, 0) is 26.5 Å². The topological polar surface area (TPSA) is 79.3 Å². The first kappa shape index (κ1) is 29.0. The Morgan fingerprint density at radius 1 is 1.05 bits per heavy atom. The van der Waals surface area contributed by atoms with Gasteiger partial charge in [-0.25, -0.2) is 0 Å². The number of hydrogen-bond donors (Lipinski definition) is 1. The van der Waals surface area contributed by atoms with Gasteiger partial charge in [-0.15, -0.1) is 0 Å². The molecule has 1 saturated heterocycles. The number of anilines is 1. The molecule has 0 unspecified atom stereocenters. The average Bonchev–Trinajstić information content (AvgIpc) is 3.39. The van der Waals surface area contributed by atoms with Gasteiger partial charge in [0.15, 0.2) is 5.60 Å². The highest BCUT2D eigenvalue weighted by atomic mass is 28.3. The van der Waals surface area contributed by atoms with Crippen molar-refractivity contribution in [3.8, 4) is 5.75 Å². The van der Waals surface area contributed by atoms with E-state index in [1.165, 1.54) is 5.19 Å². The van der Waals surface area contributed by atoms with Crippen molar-refractivity contribution in [2.45, 2.75) is 50.2 Å². The van der Waals surface area contributed by atoms with Crippen LogP contribution in [0.5, 0.6) is 5.75 Å². The molecule has 4 atom stereocenters. The maximum Gasteiger partial charge on any atom is 0.264 e. The highest BCUT2D eigenvalue weighted by Gasteiger charge is 2.66. The van der Waals surface area contributed by atoms with E-state index in [1.54, 1.807) is 24.0 Å². The van der Waals surface area contributed by atoms with Crippen LogP contribution in [-0.4, -0.2) is 63.3 Å². The molecule has 41 heavy (non-hydrogen) atoms. The number of likely N-dealkylation sites (N-methyl/N-ethyl adjacent to an activating group) is 1. The number of carbonyl (C=O) groups excluding carboxylic acids is 2. The molecule has 216 valence electrons. The summed E-state index contributed by atoms with van der Waals surface area (Å²) in [5.41, 5.74) is 1.54. The van der Waals surface area contributed by atoms with Gasteiger partial charge in [0.25, 0.3) is 5.91 Å². The molecule has 0 saturated carbocycles. The number of methoxy groups -OCH3 is 1. The third-order valence-electron chi connectivity index (χ3n) is 9.19. The Hall–Kier alpha value is -3.46. The van der Waals surface area contributed by atoms with Gasteiger partial charge >= 0.3 is 0 Å². The lowest BCUT2D eigenvalue weighted by Crippen LogP contribution is -2.52. The summed E-state index contributed by atoms with van der Waals surface area (Å²) >= 11 is 0. The molecular weight excluding hydrogens is 532 g/mol. The van der Waals surface area contributed by atoms with Gasteiger partial charge in [0.05, 0.1) is 40.0 Å². The van der Waals surface area contributed by atoms with E-state index in [2.05, 4.69) is 32.2 Å². The molecule has 0 aliphatic carbocycles. The second-order valence-corrected chi connectivity index (χ2v) is 16.5. The zero-order chi connectivity index (χ0) is 29.4. The molecule has 0 aromatic heterocycles. The number of carbonyl (C=O) groups is 2.